The molecule has 0 radical (unpaired) electrons. The summed E-state index contributed by atoms with van der Waals surface area (Å²) in [6, 6.07) is 6.71. The van der Waals surface area contributed by atoms with Gasteiger partial charge in [-0.25, -0.2) is 9.47 Å². The van der Waals surface area contributed by atoms with E-state index >= 15 is 0 Å². The Morgan fingerprint density at radius 3 is 2.48 bits per heavy atom. The van der Waals surface area contributed by atoms with E-state index in [0.717, 1.165) is 23.1 Å². The topological polar surface area (TPSA) is 124 Å². The summed E-state index contributed by atoms with van der Waals surface area (Å²) in [5, 5.41) is 12.8. The van der Waals surface area contributed by atoms with Gasteiger partial charge in [-0.15, -0.1) is 10.2 Å². The maximum atomic E-state index is 12.1. The highest BCUT2D eigenvalue weighted by atomic mass is 32.2. The molecule has 4 N–H and O–H groups in total. The van der Waals surface area contributed by atoms with Gasteiger partial charge in [-0.05, 0) is 52.0 Å². The molecule has 0 spiro atoms. The van der Waals surface area contributed by atoms with E-state index in [1.54, 1.807) is 6.92 Å². The largest absolute Gasteiger partial charge is 0.494 e. The predicted molar refractivity (Wildman–Crippen MR) is 104 cm³/mol. The summed E-state index contributed by atoms with van der Waals surface area (Å²) in [4.78, 5) is 23.8. The third-order valence-corrected chi connectivity index (χ3v) is 4.45. The molecular formula is C17H24N6O3S. The van der Waals surface area contributed by atoms with Crippen molar-refractivity contribution in [3.05, 3.63) is 24.3 Å². The molecule has 0 fully saturated rings. The molecule has 1 atom stereocenters. The number of thioether (sulfide) groups is 1. The van der Waals surface area contributed by atoms with Crippen LogP contribution in [-0.2, 0) is 4.79 Å². The molecule has 0 unspecified atom stereocenters. The molecule has 9 nitrogen and oxygen atoms in total. The van der Waals surface area contributed by atoms with Crippen LogP contribution >= 0.6 is 11.8 Å². The second-order valence-electron chi connectivity index (χ2n) is 6.01. The highest BCUT2D eigenvalue weighted by molar-refractivity contribution is 8.00. The fourth-order valence-electron chi connectivity index (χ4n) is 2.14. The second kappa shape index (κ2) is 9.26. The molecule has 0 aliphatic rings. The first-order valence-electron chi connectivity index (χ1n) is 8.53. The van der Waals surface area contributed by atoms with Crippen molar-refractivity contribution >= 4 is 23.7 Å². The standard InChI is InChI=1S/C17H24N6O3S/c1-5-26-13-8-6-12(7-9-13)14-21-22-17(23(14)18)27-11(4)15(24)20-16(25)19-10(2)3/h6-11H,5,18H2,1-4H3,(H2,19,20,24,25)/t11-/m0/s1. The van der Waals surface area contributed by atoms with Crippen molar-refractivity contribution in [2.45, 2.75) is 44.1 Å². The normalized spacial score (nSPS) is 11.9. The Labute approximate surface area is 162 Å². The van der Waals surface area contributed by atoms with Crippen molar-refractivity contribution in [2.24, 2.45) is 0 Å². The van der Waals surface area contributed by atoms with E-state index in [2.05, 4.69) is 20.8 Å². The molecule has 0 saturated carbocycles. The molecule has 2 aromatic rings. The SMILES string of the molecule is CCOc1ccc(-c2nnc(S[C@@H](C)C(=O)NC(=O)NC(C)C)n2N)cc1. The number of benzene rings is 1. The Bertz CT molecular complexity index is 790. The number of nitrogens with zero attached hydrogens (tertiary/aromatic N) is 3. The molecule has 27 heavy (non-hydrogen) atoms. The van der Waals surface area contributed by atoms with Crippen LogP contribution in [0.4, 0.5) is 4.79 Å². The van der Waals surface area contributed by atoms with Gasteiger partial charge in [-0.1, -0.05) is 11.8 Å². The number of imide groups is 1. The van der Waals surface area contributed by atoms with E-state index in [-0.39, 0.29) is 6.04 Å². The summed E-state index contributed by atoms with van der Waals surface area (Å²) in [7, 11) is 0. The molecule has 2 rings (SSSR count). The minimum Gasteiger partial charge on any atom is -0.494 e. The molecule has 3 amide bonds. The monoisotopic (exact) mass is 392 g/mol. The number of rotatable bonds is 7. The summed E-state index contributed by atoms with van der Waals surface area (Å²) >= 11 is 1.11. The molecule has 1 heterocycles. The number of carbonyl (C=O) groups is 2. The number of nitrogens with two attached hydrogens (primary N) is 1. The van der Waals surface area contributed by atoms with Crippen LogP contribution in [0.5, 0.6) is 5.75 Å². The predicted octanol–water partition coefficient (Wildman–Crippen LogP) is 1.77. The van der Waals surface area contributed by atoms with Gasteiger partial charge >= 0.3 is 6.03 Å². The maximum absolute atomic E-state index is 12.1. The highest BCUT2D eigenvalue weighted by Gasteiger charge is 2.21. The molecule has 0 aliphatic carbocycles. The molecule has 1 aromatic heterocycles. The lowest BCUT2D eigenvalue weighted by Crippen LogP contribution is -2.45. The van der Waals surface area contributed by atoms with Crippen molar-refractivity contribution in [1.29, 1.82) is 0 Å². The quantitative estimate of drug-likeness (QED) is 0.484. The molecule has 10 heteroatoms. The van der Waals surface area contributed by atoms with Gasteiger partial charge in [0.25, 0.3) is 0 Å². The summed E-state index contributed by atoms with van der Waals surface area (Å²) in [5.41, 5.74) is 0.772. The second-order valence-corrected chi connectivity index (χ2v) is 7.32. The van der Waals surface area contributed by atoms with Crippen LogP contribution in [0, 0.1) is 0 Å². The van der Waals surface area contributed by atoms with Crippen molar-refractivity contribution in [3.8, 4) is 17.1 Å². The number of nitrogen functional groups attached to an aromatic ring is 1. The third-order valence-electron chi connectivity index (χ3n) is 3.40. The summed E-state index contributed by atoms with van der Waals surface area (Å²) in [5.74, 6) is 6.85. The number of amides is 3. The van der Waals surface area contributed by atoms with Gasteiger partial charge in [0.1, 0.15) is 5.75 Å². The lowest BCUT2D eigenvalue weighted by atomic mass is 10.2. The van der Waals surface area contributed by atoms with Crippen LogP contribution in [0.2, 0.25) is 0 Å². The highest BCUT2D eigenvalue weighted by Crippen LogP contribution is 2.26. The average Bonchev–Trinajstić information content (AvgIpc) is 2.95. The molecular weight excluding hydrogens is 368 g/mol. The Morgan fingerprint density at radius 2 is 1.89 bits per heavy atom. The Kier molecular flexibility index (Phi) is 7.05. The van der Waals surface area contributed by atoms with Gasteiger partial charge in [0.15, 0.2) is 5.82 Å². The smallest absolute Gasteiger partial charge is 0.321 e. The molecule has 146 valence electrons. The van der Waals surface area contributed by atoms with Crippen molar-refractivity contribution in [3.63, 3.8) is 0 Å². The minimum absolute atomic E-state index is 0.0652. The molecule has 0 bridgehead atoms. The Morgan fingerprint density at radius 1 is 1.22 bits per heavy atom. The Balaban J connectivity index is 2.03. The number of urea groups is 1. The maximum Gasteiger partial charge on any atom is 0.321 e. The van der Waals surface area contributed by atoms with Crippen LogP contribution in [0.3, 0.4) is 0 Å². The van der Waals surface area contributed by atoms with Crippen molar-refractivity contribution < 1.29 is 14.3 Å². The van der Waals surface area contributed by atoms with E-state index in [0.29, 0.717) is 17.6 Å². The number of hydrogen-bond donors (Lipinski definition) is 3. The lowest BCUT2D eigenvalue weighted by Gasteiger charge is -2.13. The first-order chi connectivity index (χ1) is 12.8. The van der Waals surface area contributed by atoms with Crippen molar-refractivity contribution in [2.75, 3.05) is 12.4 Å². The third kappa shape index (κ3) is 5.61. The van der Waals surface area contributed by atoms with Crippen molar-refractivity contribution in [1.82, 2.24) is 25.5 Å². The number of carbonyl (C=O) groups excluding carboxylic acids is 2. The zero-order valence-electron chi connectivity index (χ0n) is 15.7. The summed E-state index contributed by atoms with van der Waals surface area (Å²) in [6.07, 6.45) is 0. The van der Waals surface area contributed by atoms with Crippen LogP contribution in [-0.4, -0.2) is 44.7 Å². The Hall–Kier alpha value is -2.75. The lowest BCUT2D eigenvalue weighted by molar-refractivity contribution is -0.119. The van der Waals surface area contributed by atoms with Gasteiger partial charge in [0.05, 0.1) is 11.9 Å². The fraction of sp³-hybridized carbons (Fsp3) is 0.412. The molecule has 0 aliphatic heterocycles. The average molecular weight is 392 g/mol. The van der Waals surface area contributed by atoms with Crippen LogP contribution in [0.25, 0.3) is 11.4 Å². The first kappa shape index (κ1) is 20.6. The van der Waals surface area contributed by atoms with Crippen LogP contribution in [0.15, 0.2) is 29.4 Å². The van der Waals surface area contributed by atoms with E-state index in [9.17, 15) is 9.59 Å². The van der Waals surface area contributed by atoms with E-state index < -0.39 is 17.2 Å². The first-order valence-corrected chi connectivity index (χ1v) is 9.41. The minimum atomic E-state index is -0.581. The van der Waals surface area contributed by atoms with Gasteiger partial charge in [-0.2, -0.15) is 0 Å². The zero-order valence-corrected chi connectivity index (χ0v) is 16.5. The van der Waals surface area contributed by atoms with Crippen LogP contribution in [0.1, 0.15) is 27.7 Å². The zero-order chi connectivity index (χ0) is 20.0. The molecule has 0 saturated heterocycles. The summed E-state index contributed by atoms with van der Waals surface area (Å²) < 4.78 is 6.73. The number of hydrogen-bond acceptors (Lipinski definition) is 7. The van der Waals surface area contributed by atoms with Gasteiger partial charge in [-0.3, -0.25) is 10.1 Å². The van der Waals surface area contributed by atoms with E-state index in [1.165, 1.54) is 4.68 Å². The van der Waals surface area contributed by atoms with Crippen LogP contribution < -0.4 is 21.2 Å². The fourth-order valence-corrected chi connectivity index (χ4v) is 2.91. The number of aromatic nitrogens is 3. The van der Waals surface area contributed by atoms with Gasteiger partial charge < -0.3 is 15.9 Å². The van der Waals surface area contributed by atoms with Gasteiger partial charge in [0, 0.05) is 11.6 Å². The number of nitrogens with one attached hydrogen (secondary N) is 2. The number of ether oxygens (including phenoxy) is 1. The molecule has 1 aromatic carbocycles. The van der Waals surface area contributed by atoms with Gasteiger partial charge in [0.2, 0.25) is 11.1 Å². The summed E-state index contributed by atoms with van der Waals surface area (Å²) in [6.45, 7) is 7.77. The van der Waals surface area contributed by atoms with E-state index in [1.807, 2.05) is 45.0 Å². The van der Waals surface area contributed by atoms with E-state index in [4.69, 9.17) is 10.6 Å².